The van der Waals surface area contributed by atoms with Gasteiger partial charge in [-0.05, 0) is 19.3 Å². The van der Waals surface area contributed by atoms with Gasteiger partial charge in [0.05, 0.1) is 0 Å². The molecule has 1 aliphatic carbocycles. The molecule has 0 spiro atoms. The molecule has 0 saturated carbocycles. The molecule has 0 unspecified atom stereocenters. The third-order valence-corrected chi connectivity index (χ3v) is 3.45. The Morgan fingerprint density at radius 3 is 2.67 bits per heavy atom. The van der Waals surface area contributed by atoms with Gasteiger partial charge in [0, 0.05) is 25.8 Å². The van der Waals surface area contributed by atoms with Crippen LogP contribution in [0.1, 0.15) is 30.0 Å². The summed E-state index contributed by atoms with van der Waals surface area (Å²) in [6.07, 6.45) is 5.09. The molecule has 0 saturated heterocycles. The number of aryl methyl sites for hydroxylation is 3. The second kappa shape index (κ2) is 4.29. The Balaban J connectivity index is 0.000000853. The fourth-order valence-electron chi connectivity index (χ4n) is 2.65. The summed E-state index contributed by atoms with van der Waals surface area (Å²) in [6, 6.07) is 9.37. The first-order valence-electron chi connectivity index (χ1n) is 5.58. The summed E-state index contributed by atoms with van der Waals surface area (Å²) in [4.78, 5) is 0. The van der Waals surface area contributed by atoms with Crippen molar-refractivity contribution in [3.05, 3.63) is 41.0 Å². The summed E-state index contributed by atoms with van der Waals surface area (Å²) in [5.41, 5.74) is 4.69. The van der Waals surface area contributed by atoms with Gasteiger partial charge in [-0.25, -0.2) is 0 Å². The van der Waals surface area contributed by atoms with Gasteiger partial charge in [-0.15, -0.1) is 34.5 Å². The number of fused-ring (bicyclic) bond motifs is 2. The van der Waals surface area contributed by atoms with E-state index in [0.29, 0.717) is 0 Å². The molecule has 3 rings (SSSR count). The number of rotatable bonds is 1. The van der Waals surface area contributed by atoms with Crippen LogP contribution in [0.5, 0.6) is 0 Å². The van der Waals surface area contributed by atoms with E-state index in [-0.39, 0.29) is 25.8 Å². The summed E-state index contributed by atoms with van der Waals surface area (Å²) in [5.74, 6) is 0. The van der Waals surface area contributed by atoms with Gasteiger partial charge in [0.15, 0.2) is 0 Å². The van der Waals surface area contributed by atoms with Gasteiger partial charge in [0.1, 0.15) is 0 Å². The Kier molecular flexibility index (Phi) is 3.20. The van der Waals surface area contributed by atoms with E-state index in [1.54, 1.807) is 11.1 Å². The minimum Gasteiger partial charge on any atom is -0.168 e. The average Bonchev–Trinajstić information content (AvgIpc) is 2.78. The molecule has 2 aromatic carbocycles. The fourth-order valence-corrected chi connectivity index (χ4v) is 2.65. The molecule has 76 valence electrons. The van der Waals surface area contributed by atoms with Crippen LogP contribution in [0.3, 0.4) is 0 Å². The molecule has 0 bridgehead atoms. The monoisotopic (exact) mass is 363 g/mol. The van der Waals surface area contributed by atoms with E-state index in [2.05, 4.69) is 31.2 Å². The van der Waals surface area contributed by atoms with Gasteiger partial charge < -0.3 is 0 Å². The molecule has 0 radical (unpaired) electrons. The fraction of sp³-hybridized carbons (Fsp3) is 0.357. The van der Waals surface area contributed by atoms with Crippen molar-refractivity contribution < 1.29 is 25.8 Å². The summed E-state index contributed by atoms with van der Waals surface area (Å²) < 4.78 is 0. The molecule has 0 fully saturated rings. The van der Waals surface area contributed by atoms with Gasteiger partial charge in [0.25, 0.3) is 0 Å². The SMILES string of the molecule is CC[c-]1ccc2cc3c(cc21)CCC3.[Hf]. The van der Waals surface area contributed by atoms with Crippen LogP contribution in [0.25, 0.3) is 10.8 Å². The van der Waals surface area contributed by atoms with Crippen LogP contribution in [0, 0.1) is 0 Å². The Morgan fingerprint density at radius 2 is 1.93 bits per heavy atom. The first-order chi connectivity index (χ1) is 6.88. The van der Waals surface area contributed by atoms with Gasteiger partial charge in [0.2, 0.25) is 0 Å². The van der Waals surface area contributed by atoms with E-state index in [1.807, 2.05) is 0 Å². The Labute approximate surface area is 110 Å². The molecule has 1 heteroatoms. The summed E-state index contributed by atoms with van der Waals surface area (Å²) in [5, 5.41) is 2.94. The number of hydrogen-bond donors (Lipinski definition) is 0. The van der Waals surface area contributed by atoms with Crippen molar-refractivity contribution in [2.75, 3.05) is 0 Å². The van der Waals surface area contributed by atoms with Crippen LogP contribution >= 0.6 is 0 Å². The van der Waals surface area contributed by atoms with Crippen molar-refractivity contribution >= 4 is 10.8 Å². The minimum atomic E-state index is 0. The standard InChI is InChI=1S/C14H15.Hf/c1-2-10-6-7-13-8-11-4-3-5-12(11)9-14(10)13;/h6-9H,2-5H2,1H3;/q-1;. The summed E-state index contributed by atoms with van der Waals surface area (Å²) in [7, 11) is 0. The Hall–Kier alpha value is -0.300. The van der Waals surface area contributed by atoms with E-state index in [1.165, 1.54) is 35.6 Å². The molecule has 0 heterocycles. The topological polar surface area (TPSA) is 0 Å². The normalized spacial score (nSPS) is 13.9. The average molecular weight is 362 g/mol. The van der Waals surface area contributed by atoms with Gasteiger partial charge >= 0.3 is 0 Å². The van der Waals surface area contributed by atoms with Crippen molar-refractivity contribution in [1.29, 1.82) is 0 Å². The first-order valence-corrected chi connectivity index (χ1v) is 5.58. The van der Waals surface area contributed by atoms with Crippen molar-refractivity contribution in [3.8, 4) is 0 Å². The largest absolute Gasteiger partial charge is 0.168 e. The zero-order chi connectivity index (χ0) is 9.54. The zero-order valence-electron chi connectivity index (χ0n) is 9.14. The van der Waals surface area contributed by atoms with Crippen LogP contribution in [-0.4, -0.2) is 0 Å². The summed E-state index contributed by atoms with van der Waals surface area (Å²) in [6.45, 7) is 2.24. The predicted molar refractivity (Wildman–Crippen MR) is 60.9 cm³/mol. The predicted octanol–water partition coefficient (Wildman–Crippen LogP) is 3.61. The molecule has 0 amide bonds. The van der Waals surface area contributed by atoms with Gasteiger partial charge in [-0.3, -0.25) is 0 Å². The quantitative estimate of drug-likeness (QED) is 0.538. The Bertz CT molecular complexity index is 479. The second-order valence-corrected chi connectivity index (χ2v) is 4.27. The van der Waals surface area contributed by atoms with E-state index in [0.717, 1.165) is 6.42 Å². The van der Waals surface area contributed by atoms with E-state index >= 15 is 0 Å². The minimum absolute atomic E-state index is 0. The van der Waals surface area contributed by atoms with E-state index < -0.39 is 0 Å². The molecular formula is C14H15Hf-. The van der Waals surface area contributed by atoms with Crippen LogP contribution in [0.4, 0.5) is 0 Å². The van der Waals surface area contributed by atoms with E-state index in [9.17, 15) is 0 Å². The number of benzene rings is 1. The molecule has 0 atom stereocenters. The molecule has 15 heavy (non-hydrogen) atoms. The third-order valence-electron chi connectivity index (χ3n) is 3.45. The van der Waals surface area contributed by atoms with Crippen LogP contribution in [0.2, 0.25) is 0 Å². The second-order valence-electron chi connectivity index (χ2n) is 4.27. The first kappa shape index (κ1) is 11.2. The summed E-state index contributed by atoms with van der Waals surface area (Å²) >= 11 is 0. The van der Waals surface area contributed by atoms with E-state index in [4.69, 9.17) is 0 Å². The zero-order valence-corrected chi connectivity index (χ0v) is 12.7. The van der Waals surface area contributed by atoms with Gasteiger partial charge in [-0.2, -0.15) is 6.07 Å². The maximum Gasteiger partial charge on any atom is 0 e. The molecular weight excluding hydrogens is 347 g/mol. The smallest absolute Gasteiger partial charge is 0 e. The molecule has 0 aromatic heterocycles. The van der Waals surface area contributed by atoms with Crippen molar-refractivity contribution in [1.82, 2.24) is 0 Å². The maximum atomic E-state index is 2.43. The Morgan fingerprint density at radius 1 is 1.20 bits per heavy atom. The molecule has 0 N–H and O–H groups in total. The number of hydrogen-bond acceptors (Lipinski definition) is 0. The molecule has 1 aliphatic rings. The molecule has 0 aliphatic heterocycles. The maximum absolute atomic E-state index is 2.43. The van der Waals surface area contributed by atoms with Crippen molar-refractivity contribution in [2.45, 2.75) is 32.6 Å². The van der Waals surface area contributed by atoms with Crippen molar-refractivity contribution in [3.63, 3.8) is 0 Å². The van der Waals surface area contributed by atoms with Crippen LogP contribution < -0.4 is 0 Å². The van der Waals surface area contributed by atoms with Gasteiger partial charge in [-0.1, -0.05) is 24.5 Å². The van der Waals surface area contributed by atoms with Crippen LogP contribution in [-0.2, 0) is 45.1 Å². The van der Waals surface area contributed by atoms with Crippen molar-refractivity contribution in [2.24, 2.45) is 0 Å². The molecule has 0 nitrogen and oxygen atoms in total. The molecule has 2 aromatic rings. The van der Waals surface area contributed by atoms with Crippen LogP contribution in [0.15, 0.2) is 24.3 Å². The third kappa shape index (κ3) is 1.75.